The lowest BCUT2D eigenvalue weighted by atomic mass is 9.86. The molecule has 0 atom stereocenters. The first-order valence-corrected chi connectivity index (χ1v) is 17.0. The van der Waals surface area contributed by atoms with Gasteiger partial charge in [0.2, 0.25) is 21.8 Å². The maximum absolute atomic E-state index is 13.2. The van der Waals surface area contributed by atoms with Crippen LogP contribution in [0.25, 0.3) is 10.9 Å². The van der Waals surface area contributed by atoms with Crippen LogP contribution in [0.4, 0.5) is 16.2 Å². The Balaban J connectivity index is 1.31. The molecule has 0 aliphatic carbocycles. The number of rotatable bonds is 8. The first-order chi connectivity index (χ1) is 21.1. The van der Waals surface area contributed by atoms with Crippen molar-refractivity contribution in [1.29, 1.82) is 0 Å². The minimum absolute atomic E-state index is 0.129. The fraction of sp³-hybridized carbons (Fsp3) is 0.500. The smallest absolute Gasteiger partial charge is 0.418 e. The van der Waals surface area contributed by atoms with Gasteiger partial charge in [0.05, 0.1) is 36.2 Å². The molecule has 13 heteroatoms. The highest BCUT2D eigenvalue weighted by Gasteiger charge is 2.34. The van der Waals surface area contributed by atoms with Crippen LogP contribution in [0.3, 0.4) is 0 Å². The summed E-state index contributed by atoms with van der Waals surface area (Å²) in [5, 5.41) is 3.69. The number of hydrogen-bond acceptors (Lipinski definition) is 8. The standard InChI is InChI=1S/C32H44N6O6S/c1-32(2,3)24-16-25(29(43-6)26(17-24)34-45(7,41)42)33-31(40)44-27-15-21-9-8-10-22(28(21)36(27)5)20-37-11-13-38(14-12-37)30(39)23-18-35(4)19-23/h8-10,15-17,23,34H,11-14,18-20H2,1-7H3,(H,33,40). The van der Waals surface area contributed by atoms with Gasteiger partial charge in [0, 0.05) is 64.3 Å². The van der Waals surface area contributed by atoms with E-state index in [1.165, 1.54) is 7.11 Å². The van der Waals surface area contributed by atoms with Crippen molar-refractivity contribution >= 4 is 44.3 Å². The number of aryl methyl sites for hydroxylation is 1. The molecule has 0 spiro atoms. The Bertz CT molecular complexity index is 1700. The topological polar surface area (TPSA) is 125 Å². The van der Waals surface area contributed by atoms with Crippen molar-refractivity contribution in [2.75, 3.05) is 69.7 Å². The molecule has 1 aromatic heterocycles. The van der Waals surface area contributed by atoms with Gasteiger partial charge < -0.3 is 23.8 Å². The number of para-hydroxylation sites is 1. The maximum atomic E-state index is 13.2. The Morgan fingerprint density at radius 2 is 1.67 bits per heavy atom. The van der Waals surface area contributed by atoms with Gasteiger partial charge in [0.15, 0.2) is 5.75 Å². The summed E-state index contributed by atoms with van der Waals surface area (Å²) in [6, 6.07) is 11.3. The molecule has 244 valence electrons. The van der Waals surface area contributed by atoms with Crippen LogP contribution in [-0.4, -0.2) is 99.4 Å². The number of ether oxygens (including phenoxy) is 2. The van der Waals surface area contributed by atoms with Crippen molar-refractivity contribution in [2.45, 2.75) is 32.7 Å². The molecule has 0 saturated carbocycles. The largest absolute Gasteiger partial charge is 0.492 e. The quantitative estimate of drug-likeness (QED) is 0.382. The minimum Gasteiger partial charge on any atom is -0.492 e. The monoisotopic (exact) mass is 640 g/mol. The third-order valence-corrected chi connectivity index (χ3v) is 9.07. The first kappa shape index (κ1) is 32.6. The van der Waals surface area contributed by atoms with E-state index in [0.29, 0.717) is 12.4 Å². The average Bonchev–Trinajstić information content (AvgIpc) is 3.25. The fourth-order valence-electron chi connectivity index (χ4n) is 6.06. The van der Waals surface area contributed by atoms with Crippen LogP contribution in [0.5, 0.6) is 11.6 Å². The van der Waals surface area contributed by atoms with E-state index in [0.717, 1.165) is 67.6 Å². The number of fused-ring (bicyclic) bond motifs is 1. The highest BCUT2D eigenvalue weighted by Crippen LogP contribution is 2.39. The van der Waals surface area contributed by atoms with Gasteiger partial charge in [-0.1, -0.05) is 39.0 Å². The van der Waals surface area contributed by atoms with Crippen LogP contribution in [-0.2, 0) is 33.8 Å². The van der Waals surface area contributed by atoms with E-state index in [2.05, 4.69) is 25.9 Å². The second kappa shape index (κ2) is 12.5. The second-order valence-electron chi connectivity index (χ2n) is 13.2. The zero-order chi connectivity index (χ0) is 32.7. The van der Waals surface area contributed by atoms with Crippen molar-refractivity contribution in [3.63, 3.8) is 0 Å². The predicted molar refractivity (Wildman–Crippen MR) is 176 cm³/mol. The van der Waals surface area contributed by atoms with E-state index >= 15 is 0 Å². The molecule has 0 bridgehead atoms. The lowest BCUT2D eigenvalue weighted by Crippen LogP contribution is -2.56. The third kappa shape index (κ3) is 7.37. The molecule has 3 aromatic rings. The Labute approximate surface area is 265 Å². The molecule has 2 aromatic carbocycles. The molecular formula is C32H44N6O6S. The number of carbonyl (C=O) groups is 2. The summed E-state index contributed by atoms with van der Waals surface area (Å²) < 4.78 is 39.8. The van der Waals surface area contributed by atoms with Crippen LogP contribution in [0, 0.1) is 5.92 Å². The summed E-state index contributed by atoms with van der Waals surface area (Å²) in [7, 11) is 1.69. The molecule has 0 unspecified atom stereocenters. The molecule has 0 radical (unpaired) electrons. The summed E-state index contributed by atoms with van der Waals surface area (Å²) in [6.45, 7) is 11.4. The van der Waals surface area contributed by atoms with Gasteiger partial charge >= 0.3 is 6.09 Å². The van der Waals surface area contributed by atoms with Gasteiger partial charge in [-0.3, -0.25) is 19.7 Å². The summed E-state index contributed by atoms with van der Waals surface area (Å²) >= 11 is 0. The molecule has 2 amide bonds. The second-order valence-corrected chi connectivity index (χ2v) is 14.9. The lowest BCUT2D eigenvalue weighted by molar-refractivity contribution is -0.142. The Morgan fingerprint density at radius 3 is 2.27 bits per heavy atom. The third-order valence-electron chi connectivity index (χ3n) is 8.48. The number of amides is 2. The number of hydrogen-bond donors (Lipinski definition) is 2. The van der Waals surface area contributed by atoms with E-state index in [-0.39, 0.29) is 34.4 Å². The van der Waals surface area contributed by atoms with Crippen LogP contribution in [0.15, 0.2) is 36.4 Å². The van der Waals surface area contributed by atoms with Gasteiger partial charge in [-0.05, 0) is 35.7 Å². The number of nitrogens with one attached hydrogen (secondary N) is 2. The SMILES string of the molecule is COc1c(NC(=O)Oc2cc3cccc(CN4CCN(C(=O)C5CN(C)C5)CC4)c3n2C)cc(C(C)(C)C)cc1NS(C)(=O)=O. The predicted octanol–water partition coefficient (Wildman–Crippen LogP) is 3.67. The summed E-state index contributed by atoms with van der Waals surface area (Å²) in [5.74, 6) is 0.926. The highest BCUT2D eigenvalue weighted by atomic mass is 32.2. The Hall–Kier alpha value is -3.81. The van der Waals surface area contributed by atoms with E-state index in [4.69, 9.17) is 9.47 Å². The number of piperazine rings is 1. The maximum Gasteiger partial charge on any atom is 0.418 e. The van der Waals surface area contributed by atoms with Crippen LogP contribution in [0.2, 0.25) is 0 Å². The van der Waals surface area contributed by atoms with E-state index in [1.807, 2.05) is 62.5 Å². The van der Waals surface area contributed by atoms with Crippen molar-refractivity contribution in [3.8, 4) is 11.6 Å². The number of anilines is 2. The molecule has 3 heterocycles. The van der Waals surface area contributed by atoms with Gasteiger partial charge in [0.1, 0.15) is 0 Å². The number of sulfonamides is 1. The minimum atomic E-state index is -3.61. The van der Waals surface area contributed by atoms with Crippen LogP contribution < -0.4 is 19.5 Å². The average molecular weight is 641 g/mol. The van der Waals surface area contributed by atoms with E-state index in [9.17, 15) is 18.0 Å². The molecule has 45 heavy (non-hydrogen) atoms. The molecule has 2 aliphatic heterocycles. The van der Waals surface area contributed by atoms with Crippen LogP contribution in [0.1, 0.15) is 31.9 Å². The Morgan fingerprint density at radius 1 is 1.00 bits per heavy atom. The molecule has 5 rings (SSSR count). The number of benzene rings is 2. The number of nitrogens with zero attached hydrogens (tertiary/aromatic N) is 4. The van der Waals surface area contributed by atoms with E-state index in [1.54, 1.807) is 12.1 Å². The fourth-order valence-corrected chi connectivity index (χ4v) is 6.61. The van der Waals surface area contributed by atoms with E-state index < -0.39 is 16.1 Å². The lowest BCUT2D eigenvalue weighted by Gasteiger charge is -2.41. The summed E-state index contributed by atoms with van der Waals surface area (Å²) in [4.78, 5) is 32.5. The zero-order valence-electron chi connectivity index (χ0n) is 27.1. The molecule has 12 nitrogen and oxygen atoms in total. The van der Waals surface area contributed by atoms with Crippen molar-refractivity contribution in [3.05, 3.63) is 47.5 Å². The Kier molecular flexibility index (Phi) is 9.07. The highest BCUT2D eigenvalue weighted by molar-refractivity contribution is 7.92. The van der Waals surface area contributed by atoms with Crippen molar-refractivity contribution in [1.82, 2.24) is 19.3 Å². The number of methoxy groups -OCH3 is 1. The molecule has 2 N–H and O–H groups in total. The molecule has 2 aliphatic rings. The number of carbonyl (C=O) groups excluding carboxylic acids is 2. The van der Waals surface area contributed by atoms with Gasteiger partial charge in [-0.2, -0.15) is 0 Å². The summed E-state index contributed by atoms with van der Waals surface area (Å²) in [5.41, 5.74) is 3.01. The molecule has 2 saturated heterocycles. The number of aromatic nitrogens is 1. The summed E-state index contributed by atoms with van der Waals surface area (Å²) in [6.07, 6.45) is 0.317. The van der Waals surface area contributed by atoms with Gasteiger partial charge in [-0.15, -0.1) is 0 Å². The molecule has 2 fully saturated rings. The van der Waals surface area contributed by atoms with Crippen molar-refractivity contribution in [2.24, 2.45) is 13.0 Å². The van der Waals surface area contributed by atoms with Crippen LogP contribution >= 0.6 is 0 Å². The normalized spacial score (nSPS) is 16.8. The van der Waals surface area contributed by atoms with Crippen molar-refractivity contribution < 1.29 is 27.5 Å². The number of likely N-dealkylation sites (tertiary alicyclic amines) is 1. The molecular weight excluding hydrogens is 596 g/mol. The zero-order valence-corrected chi connectivity index (χ0v) is 28.0. The first-order valence-electron chi connectivity index (χ1n) is 15.1. The van der Waals surface area contributed by atoms with Gasteiger partial charge in [0.25, 0.3) is 0 Å². The van der Waals surface area contributed by atoms with Gasteiger partial charge in [-0.25, -0.2) is 13.2 Å².